The number of hydrogen-bond donors (Lipinski definition) is 1. The lowest BCUT2D eigenvalue weighted by Gasteiger charge is -1.88. The van der Waals surface area contributed by atoms with Crippen LogP contribution in [0.1, 0.15) is 15.9 Å². The van der Waals surface area contributed by atoms with Crippen molar-refractivity contribution in [2.75, 3.05) is 5.73 Å². The van der Waals surface area contributed by atoms with Crippen LogP contribution in [0.2, 0.25) is 0 Å². The third kappa shape index (κ3) is 0.450. The zero-order chi connectivity index (χ0) is 8.29. The number of ether oxygens (including phenoxy) is 1. The van der Waals surface area contributed by atoms with Crippen molar-refractivity contribution in [2.45, 2.75) is 6.61 Å². The van der Waals surface area contributed by atoms with Crippen molar-refractivity contribution in [3.05, 3.63) is 17.2 Å². The van der Waals surface area contributed by atoms with E-state index in [4.69, 9.17) is 14.9 Å². The fourth-order valence-corrected chi connectivity index (χ4v) is 1.60. The predicted molar refractivity (Wildman–Crippen MR) is 40.9 cm³/mol. The number of carbonyl (C=O) groups is 1. The Morgan fingerprint density at radius 3 is 3.17 bits per heavy atom. The number of hydrogen-bond acceptors (Lipinski definition) is 4. The maximum atomic E-state index is 11.1. The molecule has 0 saturated heterocycles. The molecule has 0 atom stereocenters. The topological polar surface area (TPSA) is 65.5 Å². The molecule has 0 saturated carbocycles. The van der Waals surface area contributed by atoms with Gasteiger partial charge in [-0.05, 0) is 0 Å². The number of nitrogen functional groups attached to an aromatic ring is 1. The molecule has 2 aromatic rings. The Bertz CT molecular complexity index is 471. The van der Waals surface area contributed by atoms with Gasteiger partial charge < -0.3 is 14.9 Å². The van der Waals surface area contributed by atoms with E-state index in [2.05, 4.69) is 0 Å². The lowest BCUT2D eigenvalue weighted by molar-refractivity contribution is 0.0534. The van der Waals surface area contributed by atoms with Gasteiger partial charge in [0, 0.05) is 6.07 Å². The summed E-state index contributed by atoms with van der Waals surface area (Å²) < 4.78 is 10.1. The lowest BCUT2D eigenvalue weighted by atomic mass is 10.1. The summed E-state index contributed by atoms with van der Waals surface area (Å²) in [5.74, 6) is -0.307. The van der Waals surface area contributed by atoms with Crippen LogP contribution in [0.3, 0.4) is 0 Å². The Morgan fingerprint density at radius 1 is 1.50 bits per heavy atom. The highest BCUT2D eigenvalue weighted by Gasteiger charge is 2.31. The first kappa shape index (κ1) is 5.88. The summed E-state index contributed by atoms with van der Waals surface area (Å²) in [5, 5.41) is 0. The third-order valence-electron chi connectivity index (χ3n) is 2.13. The van der Waals surface area contributed by atoms with E-state index in [-0.39, 0.29) is 5.97 Å². The Balaban J connectivity index is 2.48. The van der Waals surface area contributed by atoms with Crippen LogP contribution in [0.25, 0.3) is 11.2 Å². The first-order valence-electron chi connectivity index (χ1n) is 3.57. The van der Waals surface area contributed by atoms with E-state index in [0.717, 1.165) is 5.56 Å². The Labute approximate surface area is 67.2 Å². The number of anilines is 1. The summed E-state index contributed by atoms with van der Waals surface area (Å²) >= 11 is 0. The third-order valence-corrected chi connectivity index (χ3v) is 2.13. The molecule has 12 heavy (non-hydrogen) atoms. The number of nitrogens with two attached hydrogens (primary N) is 1. The number of furan rings is 2. The van der Waals surface area contributed by atoms with Gasteiger partial charge in [-0.3, -0.25) is 0 Å². The van der Waals surface area contributed by atoms with Crippen molar-refractivity contribution < 1.29 is 13.9 Å². The largest absolute Gasteiger partial charge is 0.457 e. The molecule has 4 heteroatoms. The molecule has 3 rings (SSSR count). The molecule has 3 heterocycles. The van der Waals surface area contributed by atoms with E-state index in [1.54, 1.807) is 6.07 Å². The molecule has 0 fully saturated rings. The van der Waals surface area contributed by atoms with E-state index in [1.807, 2.05) is 0 Å². The van der Waals surface area contributed by atoms with Gasteiger partial charge in [0.2, 0.25) is 0 Å². The molecule has 2 bridgehead atoms. The average Bonchev–Trinajstić information content (AvgIpc) is 2.62. The second kappa shape index (κ2) is 1.55. The zero-order valence-corrected chi connectivity index (χ0v) is 6.09. The number of fused-ring (bicyclic) bond motifs is 5. The fourth-order valence-electron chi connectivity index (χ4n) is 1.60. The molecular formula is C8H5NO3. The van der Waals surface area contributed by atoms with Crippen molar-refractivity contribution in [1.82, 2.24) is 0 Å². The highest BCUT2D eigenvalue weighted by molar-refractivity contribution is 6.06. The maximum Gasteiger partial charge on any atom is 0.342 e. The van der Waals surface area contributed by atoms with Gasteiger partial charge in [-0.25, -0.2) is 4.79 Å². The second-order valence-corrected chi connectivity index (χ2v) is 2.82. The minimum Gasteiger partial charge on any atom is -0.457 e. The molecule has 1 aliphatic rings. The maximum absolute atomic E-state index is 11.1. The quantitative estimate of drug-likeness (QED) is 0.467. The molecule has 4 nitrogen and oxygen atoms in total. The molecule has 0 unspecified atom stereocenters. The van der Waals surface area contributed by atoms with Crippen molar-refractivity contribution >= 4 is 22.8 Å². The molecule has 60 valence electrons. The fraction of sp³-hybridized carbons (Fsp3) is 0.125. The summed E-state index contributed by atoms with van der Waals surface area (Å²) in [6.45, 7) is 0.293. The lowest BCUT2D eigenvalue weighted by Crippen LogP contribution is -1.92. The molecule has 2 aromatic heterocycles. The minimum atomic E-state index is -0.307. The molecular weight excluding hydrogens is 158 g/mol. The smallest absolute Gasteiger partial charge is 0.342 e. The van der Waals surface area contributed by atoms with Crippen molar-refractivity contribution in [3.63, 3.8) is 0 Å². The normalized spacial score (nSPS) is 15.5. The van der Waals surface area contributed by atoms with E-state index in [1.165, 1.54) is 0 Å². The van der Waals surface area contributed by atoms with Gasteiger partial charge in [0.05, 0.1) is 11.3 Å². The average molecular weight is 163 g/mol. The van der Waals surface area contributed by atoms with Gasteiger partial charge >= 0.3 is 5.97 Å². The van der Waals surface area contributed by atoms with E-state index < -0.39 is 0 Å². The summed E-state index contributed by atoms with van der Waals surface area (Å²) in [7, 11) is 0. The summed E-state index contributed by atoms with van der Waals surface area (Å²) in [6, 6.07) is 1.65. The molecule has 0 aromatic carbocycles. The number of cyclic esters (lactones) is 1. The van der Waals surface area contributed by atoms with Gasteiger partial charge in [0.25, 0.3) is 0 Å². The van der Waals surface area contributed by atoms with Crippen molar-refractivity contribution in [2.24, 2.45) is 0 Å². The van der Waals surface area contributed by atoms with Gasteiger partial charge in [0.15, 0.2) is 5.58 Å². The molecule has 0 radical (unpaired) electrons. The van der Waals surface area contributed by atoms with Crippen LogP contribution < -0.4 is 5.73 Å². The van der Waals surface area contributed by atoms with Gasteiger partial charge in [-0.15, -0.1) is 0 Å². The van der Waals surface area contributed by atoms with Crippen LogP contribution in [-0.4, -0.2) is 5.97 Å². The van der Waals surface area contributed by atoms with Crippen LogP contribution in [0.4, 0.5) is 5.69 Å². The highest BCUT2D eigenvalue weighted by Crippen LogP contribution is 2.38. The minimum absolute atomic E-state index is 0.293. The van der Waals surface area contributed by atoms with E-state index in [9.17, 15) is 4.79 Å². The van der Waals surface area contributed by atoms with Gasteiger partial charge in [-0.1, -0.05) is 0 Å². The number of rotatable bonds is 0. The Morgan fingerprint density at radius 2 is 2.33 bits per heavy atom. The monoisotopic (exact) mass is 163 g/mol. The van der Waals surface area contributed by atoms with Crippen molar-refractivity contribution in [1.29, 1.82) is 0 Å². The number of carbonyl (C=O) groups excluding carboxylic acids is 1. The van der Waals surface area contributed by atoms with Crippen LogP contribution in [0, 0.1) is 0 Å². The van der Waals surface area contributed by atoms with Gasteiger partial charge in [0.1, 0.15) is 17.8 Å². The van der Waals surface area contributed by atoms with Crippen LogP contribution in [0.5, 0.6) is 0 Å². The Hall–Kier alpha value is -1.71. The van der Waals surface area contributed by atoms with Crippen LogP contribution >= 0.6 is 0 Å². The standard InChI is InChI=1S/C8H5NO3/c9-4-1-5-6-3(7(4)12-5)2-11-8(6)10/h1H,2,9H2. The molecule has 1 aliphatic heterocycles. The highest BCUT2D eigenvalue weighted by atomic mass is 16.5. The Kier molecular flexibility index (Phi) is 0.760. The van der Waals surface area contributed by atoms with Crippen LogP contribution in [0.15, 0.2) is 10.5 Å². The van der Waals surface area contributed by atoms with E-state index >= 15 is 0 Å². The first-order valence-corrected chi connectivity index (χ1v) is 3.57. The first-order chi connectivity index (χ1) is 5.77. The molecule has 0 aliphatic carbocycles. The summed E-state index contributed by atoms with van der Waals surface area (Å²) in [4.78, 5) is 11.1. The van der Waals surface area contributed by atoms with Crippen molar-refractivity contribution in [3.8, 4) is 0 Å². The SMILES string of the molecule is Nc1cc2oc1c1c2C(=O)OC1. The molecule has 0 amide bonds. The summed E-state index contributed by atoms with van der Waals surface area (Å²) in [5.41, 5.74) is 8.68. The van der Waals surface area contributed by atoms with Gasteiger partial charge in [-0.2, -0.15) is 0 Å². The number of benzene rings is 1. The summed E-state index contributed by atoms with van der Waals surface area (Å²) in [6.07, 6.45) is 0. The number of esters is 1. The zero-order valence-electron chi connectivity index (χ0n) is 6.09. The van der Waals surface area contributed by atoms with E-state index in [0.29, 0.717) is 29.0 Å². The van der Waals surface area contributed by atoms with Crippen LogP contribution in [-0.2, 0) is 11.3 Å². The molecule has 2 N–H and O–H groups in total. The predicted octanol–water partition coefficient (Wildman–Crippen LogP) is 1.12. The molecule has 0 spiro atoms. The second-order valence-electron chi connectivity index (χ2n) is 2.82.